The Bertz CT molecular complexity index is 359. The summed E-state index contributed by atoms with van der Waals surface area (Å²) >= 11 is 0. The fourth-order valence-electron chi connectivity index (χ4n) is 3.91. The zero-order chi connectivity index (χ0) is 14.7. The number of ether oxygens (including phenoxy) is 1. The molecule has 3 saturated heterocycles. The summed E-state index contributed by atoms with van der Waals surface area (Å²) in [7, 11) is 0. The number of morpholine rings is 1. The molecule has 0 aromatic carbocycles. The summed E-state index contributed by atoms with van der Waals surface area (Å²) in [4.78, 5) is 17.2. The Morgan fingerprint density at radius 1 is 1.09 bits per heavy atom. The van der Waals surface area contributed by atoms with Gasteiger partial charge in [0.1, 0.15) is 0 Å². The first-order valence-corrected chi connectivity index (χ1v) is 8.62. The summed E-state index contributed by atoms with van der Waals surface area (Å²) in [5.74, 6) is 0.337. The predicted octanol–water partition coefficient (Wildman–Crippen LogP) is 1.68. The lowest BCUT2D eigenvalue weighted by Crippen LogP contribution is -2.55. The summed E-state index contributed by atoms with van der Waals surface area (Å²) in [5, 5.41) is 3.38. The molecule has 0 spiro atoms. The van der Waals surface area contributed by atoms with E-state index < -0.39 is 0 Å². The molecule has 7 heteroatoms. The van der Waals surface area contributed by atoms with Gasteiger partial charge in [-0.15, -0.1) is 24.8 Å². The van der Waals surface area contributed by atoms with Crippen LogP contribution in [0.15, 0.2) is 0 Å². The molecule has 1 amide bonds. The number of likely N-dealkylation sites (tertiary alicyclic amines) is 1. The molecule has 1 N–H and O–H groups in total. The van der Waals surface area contributed by atoms with Gasteiger partial charge in [0.15, 0.2) is 0 Å². The second-order valence-electron chi connectivity index (χ2n) is 6.74. The van der Waals surface area contributed by atoms with Crippen molar-refractivity contribution >= 4 is 30.7 Å². The van der Waals surface area contributed by atoms with Crippen molar-refractivity contribution in [1.82, 2.24) is 15.1 Å². The zero-order valence-corrected chi connectivity index (χ0v) is 15.7. The highest BCUT2D eigenvalue weighted by molar-refractivity contribution is 5.85. The van der Waals surface area contributed by atoms with Crippen LogP contribution in [0.1, 0.15) is 39.0 Å². The number of piperidine rings is 2. The first kappa shape index (κ1) is 21.0. The molecule has 3 heterocycles. The Hall–Kier alpha value is -0.0700. The normalized spacial score (nSPS) is 30.2. The smallest absolute Gasteiger partial charge is 0.239 e. The highest BCUT2D eigenvalue weighted by Gasteiger charge is 2.32. The summed E-state index contributed by atoms with van der Waals surface area (Å²) in [6.07, 6.45) is 5.99. The molecule has 0 saturated carbocycles. The van der Waals surface area contributed by atoms with Gasteiger partial charge in [-0.05, 0) is 39.2 Å². The number of nitrogens with one attached hydrogen (secondary N) is 1. The van der Waals surface area contributed by atoms with Crippen molar-refractivity contribution in [3.8, 4) is 0 Å². The van der Waals surface area contributed by atoms with E-state index in [0.29, 0.717) is 18.1 Å². The van der Waals surface area contributed by atoms with Gasteiger partial charge in [-0.25, -0.2) is 0 Å². The standard InChI is InChI=1S/C16H29N3O2.2ClH/c1-13-12-19(10-11-21-13)14-5-8-18(9-6-14)16(20)15-4-2-3-7-17-15;;/h13-15,17H,2-12H2,1H3;2*1H/t13?,15-;;/m1../s1. The molecule has 0 aromatic heterocycles. The van der Waals surface area contributed by atoms with Crippen LogP contribution in [0.3, 0.4) is 0 Å². The number of hydrogen-bond acceptors (Lipinski definition) is 4. The number of hydrogen-bond donors (Lipinski definition) is 1. The molecule has 5 nitrogen and oxygen atoms in total. The van der Waals surface area contributed by atoms with Gasteiger partial charge in [0.25, 0.3) is 0 Å². The van der Waals surface area contributed by atoms with Crippen molar-refractivity contribution in [3.05, 3.63) is 0 Å². The lowest BCUT2D eigenvalue weighted by molar-refractivity contribution is -0.136. The number of carbonyl (C=O) groups is 1. The predicted molar refractivity (Wildman–Crippen MR) is 96.7 cm³/mol. The largest absolute Gasteiger partial charge is 0.376 e. The van der Waals surface area contributed by atoms with Crippen LogP contribution in [0.25, 0.3) is 0 Å². The molecular weight excluding hydrogens is 337 g/mol. The molecule has 23 heavy (non-hydrogen) atoms. The Morgan fingerprint density at radius 2 is 1.83 bits per heavy atom. The van der Waals surface area contributed by atoms with Gasteiger partial charge < -0.3 is 15.0 Å². The quantitative estimate of drug-likeness (QED) is 0.806. The van der Waals surface area contributed by atoms with Crippen molar-refractivity contribution in [3.63, 3.8) is 0 Å². The molecule has 0 bridgehead atoms. The minimum Gasteiger partial charge on any atom is -0.376 e. The summed E-state index contributed by atoms with van der Waals surface area (Å²) in [5.41, 5.74) is 0. The van der Waals surface area contributed by atoms with E-state index in [2.05, 4.69) is 22.0 Å². The van der Waals surface area contributed by atoms with Crippen LogP contribution in [-0.2, 0) is 9.53 Å². The molecule has 2 atom stereocenters. The van der Waals surface area contributed by atoms with Gasteiger partial charge in [-0.3, -0.25) is 9.69 Å². The Kier molecular flexibility index (Phi) is 9.16. The average molecular weight is 368 g/mol. The van der Waals surface area contributed by atoms with E-state index in [0.717, 1.165) is 58.6 Å². The van der Waals surface area contributed by atoms with Crippen LogP contribution in [-0.4, -0.2) is 73.2 Å². The number of carbonyl (C=O) groups excluding carboxylic acids is 1. The SMILES string of the molecule is CC1CN(C2CCN(C(=O)[C@H]3CCCCN3)CC2)CCO1.Cl.Cl. The van der Waals surface area contributed by atoms with Crippen molar-refractivity contribution in [2.75, 3.05) is 39.3 Å². The van der Waals surface area contributed by atoms with E-state index in [1.807, 2.05) is 0 Å². The topological polar surface area (TPSA) is 44.8 Å². The summed E-state index contributed by atoms with van der Waals surface area (Å²) in [6.45, 7) is 7.95. The summed E-state index contributed by atoms with van der Waals surface area (Å²) < 4.78 is 5.62. The van der Waals surface area contributed by atoms with Crippen LogP contribution in [0.2, 0.25) is 0 Å². The van der Waals surface area contributed by atoms with E-state index in [1.165, 1.54) is 12.8 Å². The van der Waals surface area contributed by atoms with Crippen LogP contribution >= 0.6 is 24.8 Å². The number of halogens is 2. The molecule has 0 aliphatic carbocycles. The van der Waals surface area contributed by atoms with Gasteiger partial charge in [-0.2, -0.15) is 0 Å². The lowest BCUT2D eigenvalue weighted by Gasteiger charge is -2.42. The third-order valence-corrected chi connectivity index (χ3v) is 5.17. The first-order chi connectivity index (χ1) is 10.2. The molecule has 1 unspecified atom stereocenters. The molecule has 0 radical (unpaired) electrons. The third kappa shape index (κ3) is 5.46. The third-order valence-electron chi connectivity index (χ3n) is 5.17. The number of nitrogens with zero attached hydrogens (tertiary/aromatic N) is 2. The van der Waals surface area contributed by atoms with E-state index in [-0.39, 0.29) is 30.9 Å². The van der Waals surface area contributed by atoms with Crippen molar-refractivity contribution < 1.29 is 9.53 Å². The molecular formula is C16H31Cl2N3O2. The lowest BCUT2D eigenvalue weighted by atomic mass is 9.99. The number of rotatable bonds is 2. The molecule has 3 aliphatic heterocycles. The zero-order valence-electron chi connectivity index (χ0n) is 14.0. The van der Waals surface area contributed by atoms with Crippen LogP contribution in [0.5, 0.6) is 0 Å². The van der Waals surface area contributed by atoms with E-state index in [4.69, 9.17) is 4.74 Å². The molecule has 136 valence electrons. The monoisotopic (exact) mass is 367 g/mol. The van der Waals surface area contributed by atoms with Crippen molar-refractivity contribution in [2.45, 2.75) is 57.2 Å². The summed E-state index contributed by atoms with van der Waals surface area (Å²) in [6, 6.07) is 0.721. The second kappa shape index (κ2) is 10.0. The fraction of sp³-hybridized carbons (Fsp3) is 0.938. The van der Waals surface area contributed by atoms with E-state index in [9.17, 15) is 4.79 Å². The van der Waals surface area contributed by atoms with Gasteiger partial charge >= 0.3 is 0 Å². The average Bonchev–Trinajstić information content (AvgIpc) is 2.55. The van der Waals surface area contributed by atoms with Crippen molar-refractivity contribution in [1.29, 1.82) is 0 Å². The molecule has 3 rings (SSSR count). The Balaban J connectivity index is 0.00000132. The minimum atomic E-state index is 0. The van der Waals surface area contributed by atoms with Gasteiger partial charge in [0.2, 0.25) is 5.91 Å². The molecule has 0 aromatic rings. The maximum absolute atomic E-state index is 12.5. The van der Waals surface area contributed by atoms with Crippen molar-refractivity contribution in [2.24, 2.45) is 0 Å². The second-order valence-corrected chi connectivity index (χ2v) is 6.74. The highest BCUT2D eigenvalue weighted by atomic mass is 35.5. The molecule has 3 fully saturated rings. The van der Waals surface area contributed by atoms with Gasteiger partial charge in [-0.1, -0.05) is 6.42 Å². The number of amides is 1. The van der Waals surface area contributed by atoms with Gasteiger partial charge in [0.05, 0.1) is 18.8 Å². The van der Waals surface area contributed by atoms with E-state index >= 15 is 0 Å². The Morgan fingerprint density at radius 3 is 2.43 bits per heavy atom. The fourth-order valence-corrected chi connectivity index (χ4v) is 3.91. The molecule has 3 aliphatic rings. The minimum absolute atomic E-state index is 0. The van der Waals surface area contributed by atoms with Crippen LogP contribution < -0.4 is 5.32 Å². The van der Waals surface area contributed by atoms with Crippen LogP contribution in [0, 0.1) is 0 Å². The van der Waals surface area contributed by atoms with Crippen LogP contribution in [0.4, 0.5) is 0 Å². The maximum atomic E-state index is 12.5. The van der Waals surface area contributed by atoms with E-state index in [1.54, 1.807) is 0 Å². The first-order valence-electron chi connectivity index (χ1n) is 8.62. The Labute approximate surface area is 152 Å². The maximum Gasteiger partial charge on any atom is 0.239 e. The van der Waals surface area contributed by atoms with Gasteiger partial charge in [0, 0.05) is 32.2 Å². The highest BCUT2D eigenvalue weighted by Crippen LogP contribution is 2.21.